The minimum Gasteiger partial charge on any atom is -0.324 e. The molecule has 0 aromatic carbocycles. The van der Waals surface area contributed by atoms with E-state index >= 15 is 0 Å². The van der Waals surface area contributed by atoms with Crippen LogP contribution in [0.25, 0.3) is 0 Å². The zero-order valence-electron chi connectivity index (χ0n) is 7.45. The van der Waals surface area contributed by atoms with Gasteiger partial charge in [-0.15, -0.1) is 6.58 Å². The van der Waals surface area contributed by atoms with Crippen LogP contribution < -0.4 is 5.73 Å². The summed E-state index contributed by atoms with van der Waals surface area (Å²) >= 11 is 0. The van der Waals surface area contributed by atoms with Gasteiger partial charge in [-0.2, -0.15) is 0 Å². The van der Waals surface area contributed by atoms with Crippen molar-refractivity contribution in [2.75, 3.05) is 0 Å². The Balaban J connectivity index is 1.78. The van der Waals surface area contributed by atoms with Crippen LogP contribution in [0.4, 0.5) is 0 Å². The quantitative estimate of drug-likeness (QED) is 0.617. The average molecular weight is 163 g/mol. The molecule has 12 heavy (non-hydrogen) atoms. The van der Waals surface area contributed by atoms with Crippen LogP contribution in [0.15, 0.2) is 12.7 Å². The van der Waals surface area contributed by atoms with E-state index in [1.165, 1.54) is 19.3 Å². The van der Waals surface area contributed by atoms with Crippen molar-refractivity contribution in [2.24, 2.45) is 35.3 Å². The zero-order chi connectivity index (χ0) is 8.29. The Labute approximate surface area is 74.0 Å². The van der Waals surface area contributed by atoms with Gasteiger partial charge in [0.2, 0.25) is 0 Å². The van der Waals surface area contributed by atoms with E-state index < -0.39 is 0 Å². The van der Waals surface area contributed by atoms with E-state index in [2.05, 4.69) is 6.58 Å². The highest BCUT2D eigenvalue weighted by molar-refractivity contribution is 5.17. The SMILES string of the molecule is C=CC(N)C1C2C3CCC(C3)C12. The molecule has 0 aromatic rings. The standard InChI is InChI=1S/C11H17N/c1-2-8(12)11-9-6-3-4-7(5-6)10(9)11/h2,6-11H,1,3-5,12H2. The van der Waals surface area contributed by atoms with Crippen LogP contribution in [0.2, 0.25) is 0 Å². The number of hydrogen-bond donors (Lipinski definition) is 1. The molecule has 2 N–H and O–H groups in total. The minimum atomic E-state index is 0.295. The second-order valence-electron chi connectivity index (χ2n) is 4.88. The van der Waals surface area contributed by atoms with E-state index in [-0.39, 0.29) is 0 Å². The number of nitrogens with two attached hydrogens (primary N) is 1. The molecule has 5 unspecified atom stereocenters. The van der Waals surface area contributed by atoms with Crippen molar-refractivity contribution >= 4 is 0 Å². The highest BCUT2D eigenvalue weighted by Gasteiger charge is 2.65. The van der Waals surface area contributed by atoms with Gasteiger partial charge < -0.3 is 5.73 Å². The largest absolute Gasteiger partial charge is 0.324 e. The fourth-order valence-electron chi connectivity index (χ4n) is 4.06. The van der Waals surface area contributed by atoms with Gasteiger partial charge in [-0.05, 0) is 48.9 Å². The lowest BCUT2D eigenvalue weighted by molar-refractivity contribution is 0.440. The highest BCUT2D eigenvalue weighted by atomic mass is 14.8. The summed E-state index contributed by atoms with van der Waals surface area (Å²) in [5, 5.41) is 0. The fourth-order valence-corrected chi connectivity index (χ4v) is 4.06. The molecule has 0 aliphatic heterocycles. The molecule has 3 rings (SSSR count). The smallest absolute Gasteiger partial charge is 0.0255 e. The molecule has 1 nitrogen and oxygen atoms in total. The molecule has 1 heteroatoms. The molecule has 3 saturated carbocycles. The Kier molecular flexibility index (Phi) is 1.27. The molecule has 2 bridgehead atoms. The first-order valence-electron chi connectivity index (χ1n) is 5.21. The normalized spacial score (nSPS) is 56.6. The van der Waals surface area contributed by atoms with Crippen molar-refractivity contribution in [3.05, 3.63) is 12.7 Å². The topological polar surface area (TPSA) is 26.0 Å². The monoisotopic (exact) mass is 163 g/mol. The Bertz CT molecular complexity index is 207. The van der Waals surface area contributed by atoms with Gasteiger partial charge in [-0.3, -0.25) is 0 Å². The Morgan fingerprint density at radius 3 is 2.33 bits per heavy atom. The van der Waals surface area contributed by atoms with Crippen LogP contribution in [0, 0.1) is 29.6 Å². The van der Waals surface area contributed by atoms with Gasteiger partial charge in [0.1, 0.15) is 0 Å². The summed E-state index contributed by atoms with van der Waals surface area (Å²) < 4.78 is 0. The Morgan fingerprint density at radius 2 is 1.83 bits per heavy atom. The molecular formula is C11H17N. The minimum absolute atomic E-state index is 0.295. The molecule has 0 radical (unpaired) electrons. The Morgan fingerprint density at radius 1 is 1.25 bits per heavy atom. The molecule has 0 amide bonds. The van der Waals surface area contributed by atoms with Crippen molar-refractivity contribution in [1.29, 1.82) is 0 Å². The molecule has 0 heterocycles. The van der Waals surface area contributed by atoms with Gasteiger partial charge in [0.05, 0.1) is 0 Å². The summed E-state index contributed by atoms with van der Waals surface area (Å²) in [4.78, 5) is 0. The summed E-state index contributed by atoms with van der Waals surface area (Å²) in [6.07, 6.45) is 6.45. The van der Waals surface area contributed by atoms with Crippen molar-refractivity contribution in [1.82, 2.24) is 0 Å². The van der Waals surface area contributed by atoms with Crippen LogP contribution >= 0.6 is 0 Å². The summed E-state index contributed by atoms with van der Waals surface area (Å²) in [6, 6.07) is 0.295. The number of hydrogen-bond acceptors (Lipinski definition) is 1. The van der Waals surface area contributed by atoms with Crippen LogP contribution in [0.3, 0.4) is 0 Å². The van der Waals surface area contributed by atoms with Gasteiger partial charge in [-0.1, -0.05) is 6.08 Å². The van der Waals surface area contributed by atoms with Crippen LogP contribution in [-0.2, 0) is 0 Å². The van der Waals surface area contributed by atoms with E-state index in [9.17, 15) is 0 Å². The van der Waals surface area contributed by atoms with Crippen molar-refractivity contribution in [2.45, 2.75) is 25.3 Å². The number of fused-ring (bicyclic) bond motifs is 5. The first-order chi connectivity index (χ1) is 5.83. The zero-order valence-corrected chi connectivity index (χ0v) is 7.45. The first kappa shape index (κ1) is 7.14. The molecule has 3 fully saturated rings. The maximum atomic E-state index is 6.00. The first-order valence-corrected chi connectivity index (χ1v) is 5.21. The molecule has 3 aliphatic rings. The van der Waals surface area contributed by atoms with Gasteiger partial charge in [0, 0.05) is 6.04 Å². The van der Waals surface area contributed by atoms with Crippen LogP contribution in [-0.4, -0.2) is 6.04 Å². The van der Waals surface area contributed by atoms with Gasteiger partial charge in [0.15, 0.2) is 0 Å². The lowest BCUT2D eigenvalue weighted by atomic mass is 9.98. The van der Waals surface area contributed by atoms with Crippen molar-refractivity contribution in [3.63, 3.8) is 0 Å². The molecule has 5 atom stereocenters. The molecule has 0 aromatic heterocycles. The van der Waals surface area contributed by atoms with E-state index in [0.717, 1.165) is 29.6 Å². The lowest BCUT2D eigenvalue weighted by Crippen LogP contribution is -2.23. The second kappa shape index (κ2) is 2.14. The molecular weight excluding hydrogens is 146 g/mol. The van der Waals surface area contributed by atoms with Gasteiger partial charge >= 0.3 is 0 Å². The lowest BCUT2D eigenvalue weighted by Gasteiger charge is -2.11. The van der Waals surface area contributed by atoms with Crippen molar-refractivity contribution in [3.8, 4) is 0 Å². The predicted molar refractivity (Wildman–Crippen MR) is 49.5 cm³/mol. The summed E-state index contributed by atoms with van der Waals surface area (Å²) in [5.74, 6) is 4.95. The van der Waals surface area contributed by atoms with E-state index in [1.54, 1.807) is 0 Å². The third kappa shape index (κ3) is 0.687. The maximum absolute atomic E-state index is 6.00. The molecule has 0 saturated heterocycles. The van der Waals surface area contributed by atoms with Crippen LogP contribution in [0.1, 0.15) is 19.3 Å². The maximum Gasteiger partial charge on any atom is 0.0255 e. The van der Waals surface area contributed by atoms with E-state index in [0.29, 0.717) is 6.04 Å². The summed E-state index contributed by atoms with van der Waals surface area (Å²) in [7, 11) is 0. The Hall–Kier alpha value is -0.300. The second-order valence-corrected chi connectivity index (χ2v) is 4.88. The van der Waals surface area contributed by atoms with Crippen LogP contribution in [0.5, 0.6) is 0 Å². The molecule has 66 valence electrons. The third-order valence-corrected chi connectivity index (χ3v) is 4.51. The van der Waals surface area contributed by atoms with Crippen molar-refractivity contribution < 1.29 is 0 Å². The highest BCUT2D eigenvalue weighted by Crippen LogP contribution is 2.70. The summed E-state index contributed by atoms with van der Waals surface area (Å²) in [6.45, 7) is 3.79. The van der Waals surface area contributed by atoms with E-state index in [1.807, 2.05) is 6.08 Å². The predicted octanol–water partition coefficient (Wildman–Crippen LogP) is 1.79. The summed E-state index contributed by atoms with van der Waals surface area (Å²) in [5.41, 5.74) is 6.00. The third-order valence-electron chi connectivity index (χ3n) is 4.51. The average Bonchev–Trinajstić information content (AvgIpc) is 2.53. The number of rotatable bonds is 2. The van der Waals surface area contributed by atoms with Gasteiger partial charge in [0.25, 0.3) is 0 Å². The van der Waals surface area contributed by atoms with E-state index in [4.69, 9.17) is 5.73 Å². The van der Waals surface area contributed by atoms with Gasteiger partial charge in [-0.25, -0.2) is 0 Å². The molecule has 0 spiro atoms. The fraction of sp³-hybridized carbons (Fsp3) is 0.818. The molecule has 3 aliphatic carbocycles.